The number of hydrogen-bond donors (Lipinski definition) is 1. The summed E-state index contributed by atoms with van der Waals surface area (Å²) in [4.78, 5) is 0. The van der Waals surface area contributed by atoms with Gasteiger partial charge in [-0.25, -0.2) is 0 Å². The summed E-state index contributed by atoms with van der Waals surface area (Å²) in [5, 5.41) is 4.13. The zero-order valence-electron chi connectivity index (χ0n) is 11.8. The smallest absolute Gasteiger partial charge is 0.147 e. The van der Waals surface area contributed by atoms with E-state index in [1.54, 1.807) is 0 Å². The minimum Gasteiger partial charge on any atom is -0.455 e. The molecule has 1 N–H and O–H groups in total. The summed E-state index contributed by atoms with van der Waals surface area (Å²) in [6.07, 6.45) is 2.61. The Labute approximate surface area is 138 Å². The summed E-state index contributed by atoms with van der Waals surface area (Å²) < 4.78 is 6.88. The Morgan fingerprint density at radius 2 is 2.00 bits per heavy atom. The van der Waals surface area contributed by atoms with Crippen molar-refractivity contribution in [2.24, 2.45) is 0 Å². The quantitative estimate of drug-likeness (QED) is 0.759. The van der Waals surface area contributed by atoms with Gasteiger partial charge in [0, 0.05) is 17.1 Å². The summed E-state index contributed by atoms with van der Waals surface area (Å²) >= 11 is 9.60. The van der Waals surface area contributed by atoms with Crippen LogP contribution in [0.15, 0.2) is 40.9 Å². The van der Waals surface area contributed by atoms with Crippen LogP contribution in [-0.2, 0) is 6.54 Å². The standard InChI is InChI=1S/C17H17BrClNO/c1-11-8-12(10-20-14-4-5-14)2-7-16(11)21-17-9-13(18)3-6-15(17)19/h2-3,6-9,14,20H,4-5,10H2,1H3. The minimum atomic E-state index is 0.608. The van der Waals surface area contributed by atoms with Gasteiger partial charge in [0.15, 0.2) is 0 Å². The molecule has 0 aliphatic heterocycles. The predicted octanol–water partition coefficient (Wildman–Crippen LogP) is 5.46. The van der Waals surface area contributed by atoms with Crippen molar-refractivity contribution < 1.29 is 4.74 Å². The first-order valence-electron chi connectivity index (χ1n) is 7.07. The van der Waals surface area contributed by atoms with Crippen molar-refractivity contribution in [2.75, 3.05) is 0 Å². The fourth-order valence-electron chi connectivity index (χ4n) is 2.16. The highest BCUT2D eigenvalue weighted by atomic mass is 79.9. The third-order valence-electron chi connectivity index (χ3n) is 3.52. The van der Waals surface area contributed by atoms with E-state index in [9.17, 15) is 0 Å². The molecule has 2 aromatic rings. The Morgan fingerprint density at radius 3 is 2.71 bits per heavy atom. The Balaban J connectivity index is 1.74. The molecule has 110 valence electrons. The second-order valence-electron chi connectivity index (χ2n) is 5.43. The molecule has 2 nitrogen and oxygen atoms in total. The van der Waals surface area contributed by atoms with Gasteiger partial charge in [-0.15, -0.1) is 0 Å². The van der Waals surface area contributed by atoms with Crippen LogP contribution in [-0.4, -0.2) is 6.04 Å². The van der Waals surface area contributed by atoms with Crippen molar-refractivity contribution in [1.29, 1.82) is 0 Å². The summed E-state index contributed by atoms with van der Waals surface area (Å²) in [6, 6.07) is 12.6. The second-order valence-corrected chi connectivity index (χ2v) is 6.75. The van der Waals surface area contributed by atoms with Gasteiger partial charge < -0.3 is 10.1 Å². The number of rotatable bonds is 5. The monoisotopic (exact) mass is 365 g/mol. The van der Waals surface area contributed by atoms with E-state index in [0.29, 0.717) is 10.8 Å². The number of benzene rings is 2. The van der Waals surface area contributed by atoms with Crippen molar-refractivity contribution in [1.82, 2.24) is 5.32 Å². The fraction of sp³-hybridized carbons (Fsp3) is 0.294. The molecule has 0 saturated heterocycles. The van der Waals surface area contributed by atoms with Crippen LogP contribution in [0.25, 0.3) is 0 Å². The van der Waals surface area contributed by atoms with E-state index in [0.717, 1.165) is 28.4 Å². The van der Waals surface area contributed by atoms with Gasteiger partial charge in [-0.1, -0.05) is 39.7 Å². The Kier molecular flexibility index (Phi) is 4.53. The van der Waals surface area contributed by atoms with E-state index < -0.39 is 0 Å². The normalized spacial score (nSPS) is 14.2. The molecule has 0 aromatic heterocycles. The average Bonchev–Trinajstić information content (AvgIpc) is 3.27. The van der Waals surface area contributed by atoms with Crippen molar-refractivity contribution in [3.8, 4) is 11.5 Å². The SMILES string of the molecule is Cc1cc(CNC2CC2)ccc1Oc1cc(Br)ccc1Cl. The van der Waals surface area contributed by atoms with Gasteiger partial charge in [-0.2, -0.15) is 0 Å². The van der Waals surface area contributed by atoms with Crippen LogP contribution in [0.3, 0.4) is 0 Å². The van der Waals surface area contributed by atoms with Crippen LogP contribution >= 0.6 is 27.5 Å². The highest BCUT2D eigenvalue weighted by Gasteiger charge is 2.20. The number of halogens is 2. The molecule has 21 heavy (non-hydrogen) atoms. The molecule has 1 aliphatic carbocycles. The number of aryl methyl sites for hydroxylation is 1. The molecule has 2 aromatic carbocycles. The van der Waals surface area contributed by atoms with Crippen molar-refractivity contribution in [3.05, 3.63) is 57.0 Å². The van der Waals surface area contributed by atoms with Gasteiger partial charge >= 0.3 is 0 Å². The van der Waals surface area contributed by atoms with Crippen LogP contribution in [0.2, 0.25) is 5.02 Å². The third kappa shape index (κ3) is 4.00. The van der Waals surface area contributed by atoms with Crippen LogP contribution in [0.5, 0.6) is 11.5 Å². The maximum absolute atomic E-state index is 6.17. The lowest BCUT2D eigenvalue weighted by Gasteiger charge is -2.12. The largest absolute Gasteiger partial charge is 0.455 e. The first-order chi connectivity index (χ1) is 10.1. The first-order valence-corrected chi connectivity index (χ1v) is 8.25. The van der Waals surface area contributed by atoms with Gasteiger partial charge in [-0.05, 0) is 55.2 Å². The summed E-state index contributed by atoms with van der Waals surface area (Å²) in [5.41, 5.74) is 2.40. The second kappa shape index (κ2) is 6.39. The van der Waals surface area contributed by atoms with E-state index in [1.165, 1.54) is 18.4 Å². The lowest BCUT2D eigenvalue weighted by molar-refractivity contribution is 0.478. The molecule has 0 radical (unpaired) electrons. The molecule has 1 saturated carbocycles. The highest BCUT2D eigenvalue weighted by molar-refractivity contribution is 9.10. The molecule has 1 fully saturated rings. The van der Waals surface area contributed by atoms with Crippen LogP contribution in [0.4, 0.5) is 0 Å². The molecule has 3 rings (SSSR count). The van der Waals surface area contributed by atoms with E-state index in [-0.39, 0.29) is 0 Å². The maximum Gasteiger partial charge on any atom is 0.147 e. The van der Waals surface area contributed by atoms with Gasteiger partial charge in [-0.3, -0.25) is 0 Å². The zero-order valence-corrected chi connectivity index (χ0v) is 14.2. The Morgan fingerprint density at radius 1 is 1.19 bits per heavy atom. The van der Waals surface area contributed by atoms with Crippen molar-refractivity contribution in [2.45, 2.75) is 32.4 Å². The topological polar surface area (TPSA) is 21.3 Å². The maximum atomic E-state index is 6.17. The zero-order chi connectivity index (χ0) is 14.8. The molecule has 0 atom stereocenters. The molecule has 0 bridgehead atoms. The van der Waals surface area contributed by atoms with Gasteiger partial charge in [0.05, 0.1) is 5.02 Å². The summed E-state index contributed by atoms with van der Waals surface area (Å²) in [7, 11) is 0. The molecule has 0 heterocycles. The van der Waals surface area contributed by atoms with Crippen molar-refractivity contribution in [3.63, 3.8) is 0 Å². The molecular weight excluding hydrogens is 350 g/mol. The van der Waals surface area contributed by atoms with Crippen LogP contribution in [0, 0.1) is 6.92 Å². The first kappa shape index (κ1) is 14.9. The summed E-state index contributed by atoms with van der Waals surface area (Å²) in [5.74, 6) is 1.50. The van der Waals surface area contributed by atoms with E-state index in [4.69, 9.17) is 16.3 Å². The third-order valence-corrected chi connectivity index (χ3v) is 4.33. The molecule has 4 heteroatoms. The predicted molar refractivity (Wildman–Crippen MR) is 90.3 cm³/mol. The average molecular weight is 367 g/mol. The van der Waals surface area contributed by atoms with Crippen LogP contribution in [0.1, 0.15) is 24.0 Å². The number of ether oxygens (including phenoxy) is 1. The lowest BCUT2D eigenvalue weighted by Crippen LogP contribution is -2.15. The Bertz CT molecular complexity index is 655. The van der Waals surface area contributed by atoms with Gasteiger partial charge in [0.25, 0.3) is 0 Å². The van der Waals surface area contributed by atoms with Gasteiger partial charge in [0.2, 0.25) is 0 Å². The van der Waals surface area contributed by atoms with Crippen molar-refractivity contribution >= 4 is 27.5 Å². The van der Waals surface area contributed by atoms with Gasteiger partial charge in [0.1, 0.15) is 11.5 Å². The van der Waals surface area contributed by atoms with E-state index in [1.807, 2.05) is 24.3 Å². The molecule has 1 aliphatic rings. The number of hydrogen-bond acceptors (Lipinski definition) is 2. The molecule has 0 spiro atoms. The van der Waals surface area contributed by atoms with Crippen LogP contribution < -0.4 is 10.1 Å². The van der Waals surface area contributed by atoms with E-state index in [2.05, 4.69) is 40.3 Å². The molecular formula is C17H17BrClNO. The number of nitrogens with one attached hydrogen (secondary N) is 1. The molecule has 0 amide bonds. The summed E-state index contributed by atoms with van der Waals surface area (Å²) in [6.45, 7) is 2.98. The lowest BCUT2D eigenvalue weighted by atomic mass is 10.1. The highest BCUT2D eigenvalue weighted by Crippen LogP contribution is 2.33. The molecule has 0 unspecified atom stereocenters. The fourth-order valence-corrected chi connectivity index (χ4v) is 2.66. The minimum absolute atomic E-state index is 0.608. The van der Waals surface area contributed by atoms with E-state index >= 15 is 0 Å². The Hall–Kier alpha value is -1.03.